The van der Waals surface area contributed by atoms with Crippen LogP contribution in [0.3, 0.4) is 0 Å². The van der Waals surface area contributed by atoms with E-state index in [9.17, 15) is 4.79 Å². The van der Waals surface area contributed by atoms with E-state index in [1.54, 1.807) is 12.4 Å². The van der Waals surface area contributed by atoms with Crippen LogP contribution in [0, 0.1) is 5.92 Å². The molecule has 0 saturated carbocycles. The number of amides is 1. The summed E-state index contributed by atoms with van der Waals surface area (Å²) in [6.07, 6.45) is 5.26. The summed E-state index contributed by atoms with van der Waals surface area (Å²) in [5.74, 6) is 0.444. The number of nitrogens with zero attached hydrogens (tertiary/aromatic N) is 4. The largest absolute Gasteiger partial charge is 0.398 e. The monoisotopic (exact) mass is 421 g/mol. The quantitative estimate of drug-likeness (QED) is 0.645. The van der Waals surface area contributed by atoms with Crippen LogP contribution in [0.5, 0.6) is 0 Å². The number of hydrogen-bond acceptors (Lipinski definition) is 4. The second-order valence-corrected chi connectivity index (χ2v) is 7.26. The number of rotatable bonds is 3. The van der Waals surface area contributed by atoms with Crippen LogP contribution in [0.15, 0.2) is 36.7 Å². The van der Waals surface area contributed by atoms with Crippen molar-refractivity contribution in [1.29, 1.82) is 0 Å². The molecule has 28 heavy (non-hydrogen) atoms. The standard InChI is InChI=1S/C20H23N5O.2ClH/c1-13(2)12-25-19-14(11-23-25)9-15(10-22-19)20(26)24-8-4-5-16-17(21)6-3-7-18(16)24;;/h3,6-7,9-11,13H,4-5,8,12,21H2,1-2H3;2*1H. The zero-order valence-electron chi connectivity index (χ0n) is 16.0. The summed E-state index contributed by atoms with van der Waals surface area (Å²) in [5, 5.41) is 5.30. The van der Waals surface area contributed by atoms with E-state index in [1.165, 1.54) is 0 Å². The van der Waals surface area contributed by atoms with Gasteiger partial charge in [0.1, 0.15) is 0 Å². The van der Waals surface area contributed by atoms with E-state index in [0.29, 0.717) is 18.0 Å². The van der Waals surface area contributed by atoms with Gasteiger partial charge >= 0.3 is 0 Å². The molecule has 0 spiro atoms. The predicted octanol–water partition coefficient (Wildman–Crippen LogP) is 4.11. The first-order chi connectivity index (χ1) is 12.5. The fourth-order valence-electron chi connectivity index (χ4n) is 3.59. The van der Waals surface area contributed by atoms with E-state index in [1.807, 2.05) is 33.8 Å². The van der Waals surface area contributed by atoms with Crippen LogP contribution in [0.4, 0.5) is 11.4 Å². The average molecular weight is 422 g/mol. The first-order valence-electron chi connectivity index (χ1n) is 9.05. The molecule has 3 heterocycles. The van der Waals surface area contributed by atoms with Crippen LogP contribution in [-0.2, 0) is 13.0 Å². The zero-order chi connectivity index (χ0) is 18.3. The van der Waals surface area contributed by atoms with E-state index < -0.39 is 0 Å². The molecule has 2 aromatic heterocycles. The van der Waals surface area contributed by atoms with Crippen molar-refractivity contribution in [3.8, 4) is 0 Å². The van der Waals surface area contributed by atoms with Gasteiger partial charge in [0.15, 0.2) is 5.65 Å². The SMILES string of the molecule is CC(C)Cn1ncc2cc(C(=O)N3CCCc4c(N)cccc43)cnc21.Cl.Cl. The van der Waals surface area contributed by atoms with E-state index in [4.69, 9.17) is 5.73 Å². The molecule has 6 nitrogen and oxygen atoms in total. The Balaban J connectivity index is 0.00000140. The van der Waals surface area contributed by atoms with Gasteiger partial charge in [0.05, 0.1) is 11.8 Å². The van der Waals surface area contributed by atoms with Gasteiger partial charge in [-0.3, -0.25) is 4.79 Å². The lowest BCUT2D eigenvalue weighted by Crippen LogP contribution is -2.35. The third-order valence-electron chi connectivity index (χ3n) is 4.79. The zero-order valence-corrected chi connectivity index (χ0v) is 17.6. The topological polar surface area (TPSA) is 77.0 Å². The highest BCUT2D eigenvalue weighted by Gasteiger charge is 2.25. The molecule has 4 rings (SSSR count). The van der Waals surface area contributed by atoms with Crippen molar-refractivity contribution in [2.75, 3.05) is 17.2 Å². The second kappa shape index (κ2) is 8.80. The third kappa shape index (κ3) is 3.93. The molecule has 150 valence electrons. The summed E-state index contributed by atoms with van der Waals surface area (Å²) < 4.78 is 1.89. The number of nitrogen functional groups attached to an aromatic ring is 1. The molecule has 1 aliphatic heterocycles. The van der Waals surface area contributed by atoms with E-state index in [2.05, 4.69) is 23.9 Å². The minimum Gasteiger partial charge on any atom is -0.398 e. The van der Waals surface area contributed by atoms with Crippen molar-refractivity contribution >= 4 is 53.1 Å². The summed E-state index contributed by atoms with van der Waals surface area (Å²) in [6.45, 7) is 5.79. The molecule has 1 aliphatic rings. The molecular weight excluding hydrogens is 397 g/mol. The van der Waals surface area contributed by atoms with Crippen molar-refractivity contribution in [3.05, 3.63) is 47.8 Å². The minimum absolute atomic E-state index is 0. The lowest BCUT2D eigenvalue weighted by molar-refractivity contribution is 0.0985. The summed E-state index contributed by atoms with van der Waals surface area (Å²) in [7, 11) is 0. The van der Waals surface area contributed by atoms with Gasteiger partial charge < -0.3 is 10.6 Å². The van der Waals surface area contributed by atoms with Gasteiger partial charge in [0.2, 0.25) is 0 Å². The Bertz CT molecular complexity index is 986. The van der Waals surface area contributed by atoms with Gasteiger partial charge in [-0.05, 0) is 42.5 Å². The van der Waals surface area contributed by atoms with Crippen molar-refractivity contribution < 1.29 is 4.79 Å². The highest BCUT2D eigenvalue weighted by molar-refractivity contribution is 6.08. The molecule has 0 aliphatic carbocycles. The van der Waals surface area contributed by atoms with E-state index in [0.717, 1.165) is 47.4 Å². The van der Waals surface area contributed by atoms with E-state index in [-0.39, 0.29) is 30.7 Å². The Morgan fingerprint density at radius 3 is 2.79 bits per heavy atom. The number of pyridine rings is 1. The molecule has 0 unspecified atom stereocenters. The maximum atomic E-state index is 13.1. The van der Waals surface area contributed by atoms with Gasteiger partial charge in [-0.15, -0.1) is 24.8 Å². The number of carbonyl (C=O) groups excluding carboxylic acids is 1. The van der Waals surface area contributed by atoms with Gasteiger partial charge in [0, 0.05) is 36.0 Å². The van der Waals surface area contributed by atoms with Crippen LogP contribution in [0.25, 0.3) is 11.0 Å². The van der Waals surface area contributed by atoms with Crippen LogP contribution < -0.4 is 10.6 Å². The Morgan fingerprint density at radius 2 is 2.04 bits per heavy atom. The summed E-state index contributed by atoms with van der Waals surface area (Å²) in [4.78, 5) is 19.4. The predicted molar refractivity (Wildman–Crippen MR) is 118 cm³/mol. The fourth-order valence-corrected chi connectivity index (χ4v) is 3.59. The van der Waals surface area contributed by atoms with Crippen molar-refractivity contribution in [2.24, 2.45) is 5.92 Å². The molecule has 1 amide bonds. The van der Waals surface area contributed by atoms with Crippen LogP contribution >= 0.6 is 24.8 Å². The van der Waals surface area contributed by atoms with Crippen molar-refractivity contribution in [1.82, 2.24) is 14.8 Å². The second-order valence-electron chi connectivity index (χ2n) is 7.26. The molecule has 0 radical (unpaired) electrons. The average Bonchev–Trinajstić information content (AvgIpc) is 3.02. The molecule has 3 aromatic rings. The summed E-state index contributed by atoms with van der Waals surface area (Å²) in [5.41, 5.74) is 10.2. The molecule has 2 N–H and O–H groups in total. The fraction of sp³-hybridized carbons (Fsp3) is 0.350. The Kier molecular flexibility index (Phi) is 6.91. The molecule has 0 atom stereocenters. The number of anilines is 2. The lowest BCUT2D eigenvalue weighted by atomic mass is 9.99. The summed E-state index contributed by atoms with van der Waals surface area (Å²) >= 11 is 0. The number of aromatic nitrogens is 3. The molecule has 0 bridgehead atoms. The first-order valence-corrected chi connectivity index (χ1v) is 9.05. The van der Waals surface area contributed by atoms with Gasteiger partial charge in [0.25, 0.3) is 5.91 Å². The van der Waals surface area contributed by atoms with Gasteiger partial charge in [-0.1, -0.05) is 19.9 Å². The van der Waals surface area contributed by atoms with Gasteiger partial charge in [-0.2, -0.15) is 5.10 Å². The van der Waals surface area contributed by atoms with Gasteiger partial charge in [-0.25, -0.2) is 9.67 Å². The normalized spacial score (nSPS) is 13.0. The first kappa shape index (κ1) is 22.0. The third-order valence-corrected chi connectivity index (χ3v) is 4.79. The molecule has 0 saturated heterocycles. The Morgan fingerprint density at radius 1 is 1.25 bits per heavy atom. The van der Waals surface area contributed by atoms with Crippen molar-refractivity contribution in [3.63, 3.8) is 0 Å². The highest BCUT2D eigenvalue weighted by Crippen LogP contribution is 2.32. The number of halogens is 2. The van der Waals surface area contributed by atoms with E-state index >= 15 is 0 Å². The number of carbonyl (C=O) groups is 1. The maximum Gasteiger partial charge on any atom is 0.259 e. The number of nitrogens with two attached hydrogens (primary N) is 1. The van der Waals surface area contributed by atoms with Crippen molar-refractivity contribution in [2.45, 2.75) is 33.2 Å². The highest BCUT2D eigenvalue weighted by atomic mass is 35.5. The minimum atomic E-state index is -0.0393. The van der Waals surface area contributed by atoms with Crippen LogP contribution in [0.2, 0.25) is 0 Å². The number of fused-ring (bicyclic) bond motifs is 2. The molecule has 8 heteroatoms. The summed E-state index contributed by atoms with van der Waals surface area (Å²) in [6, 6.07) is 7.64. The maximum absolute atomic E-state index is 13.1. The lowest BCUT2D eigenvalue weighted by Gasteiger charge is -2.30. The number of benzene rings is 1. The Labute approximate surface area is 176 Å². The smallest absolute Gasteiger partial charge is 0.259 e. The molecule has 1 aromatic carbocycles. The van der Waals surface area contributed by atoms with Crippen LogP contribution in [-0.4, -0.2) is 27.2 Å². The number of hydrogen-bond donors (Lipinski definition) is 1. The molecule has 0 fully saturated rings. The Hall–Kier alpha value is -2.31. The van der Waals surface area contributed by atoms with Crippen LogP contribution in [0.1, 0.15) is 36.2 Å². The molecular formula is C20H25Cl2N5O.